The summed E-state index contributed by atoms with van der Waals surface area (Å²) in [4.78, 5) is 26.5. The van der Waals surface area contributed by atoms with E-state index in [4.69, 9.17) is 5.73 Å². The molecular formula is C21H18N4O2S. The Kier molecular flexibility index (Phi) is 4.82. The molecule has 0 aliphatic heterocycles. The highest BCUT2D eigenvalue weighted by molar-refractivity contribution is 7.16. The zero-order valence-corrected chi connectivity index (χ0v) is 15.7. The zero-order chi connectivity index (χ0) is 19.5. The van der Waals surface area contributed by atoms with Gasteiger partial charge in [0.25, 0.3) is 5.91 Å². The first-order chi connectivity index (χ1) is 13.6. The van der Waals surface area contributed by atoms with E-state index in [-0.39, 0.29) is 10.8 Å². The summed E-state index contributed by atoms with van der Waals surface area (Å²) in [6.45, 7) is 0.605. The Bertz CT molecular complexity index is 1190. The third-order valence-electron chi connectivity index (χ3n) is 4.34. The molecule has 1 heterocycles. The molecule has 0 radical (unpaired) electrons. The van der Waals surface area contributed by atoms with Gasteiger partial charge in [0.2, 0.25) is 0 Å². The second-order valence-electron chi connectivity index (χ2n) is 6.32. The van der Waals surface area contributed by atoms with Crippen molar-refractivity contribution in [1.82, 2.24) is 4.98 Å². The highest BCUT2D eigenvalue weighted by atomic mass is 32.1. The number of H-pyrrole nitrogens is 1. The summed E-state index contributed by atoms with van der Waals surface area (Å²) >= 11 is 1.20. The van der Waals surface area contributed by atoms with Crippen molar-refractivity contribution in [2.75, 3.05) is 16.4 Å². The van der Waals surface area contributed by atoms with E-state index in [1.807, 2.05) is 42.5 Å². The van der Waals surface area contributed by atoms with Crippen molar-refractivity contribution in [3.8, 4) is 0 Å². The van der Waals surface area contributed by atoms with Gasteiger partial charge in [0.1, 0.15) is 0 Å². The average molecular weight is 390 g/mol. The predicted octanol–water partition coefficient (Wildman–Crippen LogP) is 4.04. The van der Waals surface area contributed by atoms with Crippen LogP contribution in [0.3, 0.4) is 0 Å². The first-order valence-electron chi connectivity index (χ1n) is 8.70. The van der Waals surface area contributed by atoms with Gasteiger partial charge in [-0.15, -0.1) is 0 Å². The van der Waals surface area contributed by atoms with Gasteiger partial charge in [-0.3, -0.25) is 9.59 Å². The van der Waals surface area contributed by atoms with E-state index in [9.17, 15) is 9.59 Å². The van der Waals surface area contributed by atoms with E-state index >= 15 is 0 Å². The number of hydrogen-bond acceptors (Lipinski definition) is 5. The number of aromatic amines is 1. The largest absolute Gasteiger partial charge is 0.397 e. The minimum Gasteiger partial charge on any atom is -0.397 e. The molecule has 0 aliphatic carbocycles. The van der Waals surface area contributed by atoms with Crippen LogP contribution in [0.4, 0.5) is 17.1 Å². The normalized spacial score (nSPS) is 10.7. The molecule has 6 nitrogen and oxygen atoms in total. The molecule has 0 atom stereocenters. The van der Waals surface area contributed by atoms with Gasteiger partial charge in [-0.2, -0.15) is 0 Å². The molecule has 28 heavy (non-hydrogen) atoms. The summed E-state index contributed by atoms with van der Waals surface area (Å²) in [5.74, 6) is -0.204. The van der Waals surface area contributed by atoms with Gasteiger partial charge in [0, 0.05) is 17.8 Å². The van der Waals surface area contributed by atoms with E-state index in [1.54, 1.807) is 24.3 Å². The fraction of sp³-hybridized carbons (Fsp3) is 0.0476. The topological polar surface area (TPSA) is 100 Å². The number of rotatable bonds is 5. The Morgan fingerprint density at radius 1 is 1.04 bits per heavy atom. The van der Waals surface area contributed by atoms with Crippen LogP contribution in [-0.4, -0.2) is 10.9 Å². The summed E-state index contributed by atoms with van der Waals surface area (Å²) in [6.07, 6.45) is 0. The minimum atomic E-state index is -0.204. The number of carbonyl (C=O) groups excluding carboxylic acids is 1. The Hall–Kier alpha value is -3.58. The summed E-state index contributed by atoms with van der Waals surface area (Å²) in [5, 5.41) is 6.14. The van der Waals surface area contributed by atoms with Crippen LogP contribution in [0.1, 0.15) is 15.9 Å². The number of anilines is 3. The van der Waals surface area contributed by atoms with Gasteiger partial charge in [-0.25, -0.2) is 0 Å². The van der Waals surface area contributed by atoms with E-state index in [1.165, 1.54) is 11.3 Å². The maximum atomic E-state index is 12.4. The smallest absolute Gasteiger partial charge is 0.305 e. The molecule has 1 amide bonds. The first kappa shape index (κ1) is 17.8. The van der Waals surface area contributed by atoms with Crippen molar-refractivity contribution in [1.29, 1.82) is 0 Å². The number of nitrogen functional groups attached to an aromatic ring is 1. The lowest BCUT2D eigenvalue weighted by Crippen LogP contribution is -2.13. The number of aromatic nitrogens is 1. The number of para-hydroxylation sites is 2. The molecule has 1 aromatic heterocycles. The van der Waals surface area contributed by atoms with Gasteiger partial charge in [0.05, 0.1) is 21.6 Å². The van der Waals surface area contributed by atoms with E-state index < -0.39 is 0 Å². The van der Waals surface area contributed by atoms with Gasteiger partial charge in [-0.1, -0.05) is 35.6 Å². The molecule has 7 heteroatoms. The van der Waals surface area contributed by atoms with Gasteiger partial charge in [-0.05, 0) is 48.0 Å². The third kappa shape index (κ3) is 3.89. The van der Waals surface area contributed by atoms with Crippen LogP contribution in [0, 0.1) is 0 Å². The fourth-order valence-corrected chi connectivity index (χ4v) is 3.56. The van der Waals surface area contributed by atoms with Crippen LogP contribution in [-0.2, 0) is 6.54 Å². The predicted molar refractivity (Wildman–Crippen MR) is 115 cm³/mol. The Morgan fingerprint density at radius 2 is 1.82 bits per heavy atom. The van der Waals surface area contributed by atoms with Crippen molar-refractivity contribution in [2.45, 2.75) is 6.54 Å². The van der Waals surface area contributed by atoms with Crippen LogP contribution in [0.15, 0.2) is 71.5 Å². The fourth-order valence-electron chi connectivity index (χ4n) is 2.85. The standard InChI is InChI=1S/C21H18N4O2S/c22-16-3-1-2-4-17(16)24-20(26)14-7-5-13(6-8-14)12-23-15-9-10-19-18(11-15)25-21(27)28-19/h1-11,23H,12,22H2,(H,24,26)(H,25,27). The number of nitrogens with one attached hydrogen (secondary N) is 3. The summed E-state index contributed by atoms with van der Waals surface area (Å²) in [5.41, 5.74) is 10.3. The van der Waals surface area contributed by atoms with Gasteiger partial charge >= 0.3 is 4.87 Å². The van der Waals surface area contributed by atoms with Crippen LogP contribution >= 0.6 is 11.3 Å². The Morgan fingerprint density at radius 3 is 2.61 bits per heavy atom. The number of thiazole rings is 1. The van der Waals surface area contributed by atoms with Crippen molar-refractivity contribution < 1.29 is 4.79 Å². The quantitative estimate of drug-likeness (QED) is 0.387. The third-order valence-corrected chi connectivity index (χ3v) is 5.20. The monoisotopic (exact) mass is 390 g/mol. The molecule has 0 aliphatic rings. The Balaban J connectivity index is 1.40. The number of carbonyl (C=O) groups is 1. The molecule has 0 unspecified atom stereocenters. The second kappa shape index (κ2) is 7.58. The molecule has 0 fully saturated rings. The number of benzene rings is 3. The molecular weight excluding hydrogens is 372 g/mol. The maximum absolute atomic E-state index is 12.4. The van der Waals surface area contributed by atoms with Gasteiger partial charge in [0.15, 0.2) is 0 Å². The van der Waals surface area contributed by atoms with Crippen molar-refractivity contribution in [3.63, 3.8) is 0 Å². The van der Waals surface area contributed by atoms with Crippen LogP contribution in [0.2, 0.25) is 0 Å². The molecule has 0 spiro atoms. The molecule has 140 valence electrons. The molecule has 0 saturated carbocycles. The number of fused-ring (bicyclic) bond motifs is 1. The number of hydrogen-bond donors (Lipinski definition) is 4. The van der Waals surface area contributed by atoms with E-state index in [0.29, 0.717) is 23.5 Å². The minimum absolute atomic E-state index is 0.0572. The summed E-state index contributed by atoms with van der Waals surface area (Å²) < 4.78 is 0.935. The highest BCUT2D eigenvalue weighted by Gasteiger charge is 2.08. The number of amides is 1. The zero-order valence-electron chi connectivity index (χ0n) is 14.9. The SMILES string of the molecule is Nc1ccccc1NC(=O)c1ccc(CNc2ccc3sc(=O)[nH]c3c2)cc1. The van der Waals surface area contributed by atoms with Crippen LogP contribution < -0.4 is 21.2 Å². The van der Waals surface area contributed by atoms with Crippen molar-refractivity contribution in [3.05, 3.63) is 87.5 Å². The average Bonchev–Trinajstić information content (AvgIpc) is 3.07. The first-order valence-corrected chi connectivity index (χ1v) is 9.52. The number of nitrogens with two attached hydrogens (primary N) is 1. The second-order valence-corrected chi connectivity index (χ2v) is 7.33. The molecule has 0 saturated heterocycles. The van der Waals surface area contributed by atoms with Crippen molar-refractivity contribution in [2.24, 2.45) is 0 Å². The lowest BCUT2D eigenvalue weighted by atomic mass is 10.1. The summed E-state index contributed by atoms with van der Waals surface area (Å²) in [7, 11) is 0. The lowest BCUT2D eigenvalue weighted by molar-refractivity contribution is 0.102. The highest BCUT2D eigenvalue weighted by Crippen LogP contribution is 2.20. The lowest BCUT2D eigenvalue weighted by Gasteiger charge is -2.09. The van der Waals surface area contributed by atoms with Crippen LogP contribution in [0.5, 0.6) is 0 Å². The molecule has 3 aromatic carbocycles. The maximum Gasteiger partial charge on any atom is 0.305 e. The van der Waals surface area contributed by atoms with Gasteiger partial charge < -0.3 is 21.4 Å². The molecule has 4 aromatic rings. The van der Waals surface area contributed by atoms with Crippen LogP contribution in [0.25, 0.3) is 10.2 Å². The molecule has 0 bridgehead atoms. The molecule has 5 N–H and O–H groups in total. The van der Waals surface area contributed by atoms with Crippen molar-refractivity contribution >= 4 is 44.5 Å². The van der Waals surface area contributed by atoms with E-state index in [2.05, 4.69) is 15.6 Å². The Labute approximate surface area is 165 Å². The summed E-state index contributed by atoms with van der Waals surface area (Å²) in [6, 6.07) is 20.3. The van der Waals surface area contributed by atoms with E-state index in [0.717, 1.165) is 21.5 Å². The molecule has 4 rings (SSSR count).